The summed E-state index contributed by atoms with van der Waals surface area (Å²) >= 11 is 0. The van der Waals surface area contributed by atoms with Crippen LogP contribution in [0, 0.1) is 11.8 Å². The first-order valence-electron chi connectivity index (χ1n) is 23.7. The molecule has 7 unspecified atom stereocenters. The van der Waals surface area contributed by atoms with E-state index in [1.165, 1.54) is 14.2 Å². The number of fused-ring (bicyclic) bond motifs is 5. The molecule has 0 saturated carbocycles. The number of aromatic amines is 2. The van der Waals surface area contributed by atoms with E-state index in [2.05, 4.69) is 67.6 Å². The molecular formula is C51H63N9O8. The second-order valence-corrected chi connectivity index (χ2v) is 18.6. The van der Waals surface area contributed by atoms with Gasteiger partial charge in [-0.2, -0.15) is 0 Å². The maximum Gasteiger partial charge on any atom is 0.407 e. The van der Waals surface area contributed by atoms with E-state index >= 15 is 0 Å². The zero-order chi connectivity index (χ0) is 47.8. The quantitative estimate of drug-likeness (QED) is 0.0524. The average Bonchev–Trinajstić information content (AvgIpc) is 4.20. The largest absolute Gasteiger partial charge is 0.494 e. The van der Waals surface area contributed by atoms with Crippen molar-refractivity contribution in [1.82, 2.24) is 44.9 Å². The zero-order valence-electron chi connectivity index (χ0n) is 39.7. The van der Waals surface area contributed by atoms with E-state index < -0.39 is 37.0 Å². The highest BCUT2D eigenvalue weighted by molar-refractivity contribution is 5.92. The number of H-pyrrole nitrogens is 2. The SMILES string of the molecule is CCOc1cccc(C2Oc3cc(-c4cnc(C5CCCN5C(=O)C(NC(O)OC)C(C)C)[nH]4)ccc3-c3cc4cc(-c5cnc(C6CCCN6C(O)C(NC(=O)OC)C(C)C)[nH]5)ccc4n32)c1. The third-order valence-electron chi connectivity index (χ3n) is 13.6. The third kappa shape index (κ3) is 9.08. The van der Waals surface area contributed by atoms with Crippen molar-refractivity contribution in [3.63, 3.8) is 0 Å². The van der Waals surface area contributed by atoms with Gasteiger partial charge in [0.25, 0.3) is 0 Å². The molecule has 17 heteroatoms. The number of methoxy groups -OCH3 is 2. The molecule has 6 heterocycles. The highest BCUT2D eigenvalue weighted by Gasteiger charge is 2.40. The normalized spacial score (nSPS) is 20.0. The number of carbonyl (C=O) groups is 2. The van der Waals surface area contributed by atoms with Gasteiger partial charge < -0.3 is 53.9 Å². The molecule has 0 radical (unpaired) electrons. The Kier molecular flexibility index (Phi) is 13.6. The van der Waals surface area contributed by atoms with Gasteiger partial charge in [0.05, 0.1) is 72.9 Å². The Labute approximate surface area is 396 Å². The second-order valence-electron chi connectivity index (χ2n) is 18.6. The molecule has 6 N–H and O–H groups in total. The van der Waals surface area contributed by atoms with Crippen molar-refractivity contribution in [3.8, 4) is 45.3 Å². The fourth-order valence-corrected chi connectivity index (χ4v) is 10.1. The van der Waals surface area contributed by atoms with Crippen LogP contribution in [0.15, 0.2) is 79.1 Å². The summed E-state index contributed by atoms with van der Waals surface area (Å²) in [6.45, 7) is 11.6. The smallest absolute Gasteiger partial charge is 0.407 e. The van der Waals surface area contributed by atoms with Crippen LogP contribution in [-0.4, -0.2) is 115 Å². The Hall–Kier alpha value is -6.24. The lowest BCUT2D eigenvalue weighted by molar-refractivity contribution is -0.145. The van der Waals surface area contributed by atoms with Gasteiger partial charge in [-0.05, 0) is 86.9 Å². The molecule has 68 heavy (non-hydrogen) atoms. The van der Waals surface area contributed by atoms with E-state index in [9.17, 15) is 19.8 Å². The fraction of sp³-hybridized carbons (Fsp3) is 0.451. The van der Waals surface area contributed by atoms with Crippen LogP contribution in [0.1, 0.15) is 95.8 Å². The number of imidazole rings is 2. The van der Waals surface area contributed by atoms with Crippen LogP contribution in [0.4, 0.5) is 4.79 Å². The highest BCUT2D eigenvalue weighted by Crippen LogP contribution is 2.47. The molecule has 0 spiro atoms. The van der Waals surface area contributed by atoms with Gasteiger partial charge in [0.1, 0.15) is 29.4 Å². The summed E-state index contributed by atoms with van der Waals surface area (Å²) in [7, 11) is 2.71. The molecule has 360 valence electrons. The van der Waals surface area contributed by atoms with Gasteiger partial charge in [0, 0.05) is 47.8 Å². The van der Waals surface area contributed by atoms with E-state index in [1.807, 2.05) is 81.1 Å². The number of ether oxygens (including phenoxy) is 4. The van der Waals surface area contributed by atoms with Crippen LogP contribution >= 0.6 is 0 Å². The summed E-state index contributed by atoms with van der Waals surface area (Å²) in [5, 5.41) is 28.5. The zero-order valence-corrected chi connectivity index (χ0v) is 39.7. The summed E-state index contributed by atoms with van der Waals surface area (Å²) in [4.78, 5) is 46.7. The van der Waals surface area contributed by atoms with Gasteiger partial charge in [-0.1, -0.05) is 52.0 Å². The van der Waals surface area contributed by atoms with E-state index in [-0.39, 0.29) is 29.8 Å². The van der Waals surface area contributed by atoms with Gasteiger partial charge in [0.15, 0.2) is 0 Å². The number of amides is 2. The number of hydrogen-bond donors (Lipinski definition) is 6. The molecule has 3 aliphatic heterocycles. The van der Waals surface area contributed by atoms with Crippen LogP contribution < -0.4 is 20.1 Å². The first kappa shape index (κ1) is 46.9. The minimum absolute atomic E-state index is 0.0340. The van der Waals surface area contributed by atoms with E-state index in [4.69, 9.17) is 28.9 Å². The number of alkyl carbamates (subject to hydrolysis) is 1. The molecule has 2 saturated heterocycles. The Morgan fingerprint density at radius 1 is 0.868 bits per heavy atom. The van der Waals surface area contributed by atoms with Gasteiger partial charge in [-0.3, -0.25) is 15.0 Å². The summed E-state index contributed by atoms with van der Waals surface area (Å²) in [5.41, 5.74) is 7.36. The number of rotatable bonds is 16. The van der Waals surface area contributed by atoms with Gasteiger partial charge >= 0.3 is 6.09 Å². The predicted molar refractivity (Wildman–Crippen MR) is 256 cm³/mol. The molecule has 2 amide bonds. The minimum atomic E-state index is -1.25. The van der Waals surface area contributed by atoms with Gasteiger partial charge in [0.2, 0.25) is 18.5 Å². The van der Waals surface area contributed by atoms with Gasteiger partial charge in [-0.25, -0.2) is 14.8 Å². The van der Waals surface area contributed by atoms with Crippen LogP contribution in [0.5, 0.6) is 11.5 Å². The maximum atomic E-state index is 13.9. The third-order valence-corrected chi connectivity index (χ3v) is 13.6. The lowest BCUT2D eigenvalue weighted by atomic mass is 10.0. The number of nitrogens with zero attached hydrogens (tertiary/aromatic N) is 5. The van der Waals surface area contributed by atoms with Crippen molar-refractivity contribution in [2.24, 2.45) is 11.8 Å². The van der Waals surface area contributed by atoms with Crippen LogP contribution in [-0.2, 0) is 14.3 Å². The van der Waals surface area contributed by atoms with Crippen molar-refractivity contribution in [3.05, 3.63) is 96.3 Å². The van der Waals surface area contributed by atoms with Crippen molar-refractivity contribution in [2.75, 3.05) is 33.9 Å². The summed E-state index contributed by atoms with van der Waals surface area (Å²) in [6.07, 6.45) is 3.68. The number of hydrogen-bond acceptors (Lipinski definition) is 12. The first-order chi connectivity index (χ1) is 32.9. The van der Waals surface area contributed by atoms with Crippen LogP contribution in [0.3, 0.4) is 0 Å². The standard InChI is InChI=1S/C51H63N9O8/c1-8-67-34-13-9-12-32(23-34)49-60-38-19-17-30(36-26-52-45(54-36)39-14-10-20-58(39)47(61)43(28(2)3)56-50(63)65-6)22-33(38)24-41(60)35-18-16-31(25-42(35)68-49)37-27-53-46(55-37)40-15-11-21-59(40)48(62)44(29(4)5)57-51(64)66-7/h9,12-13,16-19,22-29,39-40,43-44,47,49,51,57,61,64H,8,10-11,14-15,20-21H2,1-7H3,(H,52,54)(H,53,55)(H,56,63). The second kappa shape index (κ2) is 19.8. The number of carbonyl (C=O) groups excluding carboxylic acids is 2. The van der Waals surface area contributed by atoms with Gasteiger partial charge in [-0.15, -0.1) is 0 Å². The Bertz CT molecular complexity index is 2750. The van der Waals surface area contributed by atoms with Crippen LogP contribution in [0.2, 0.25) is 0 Å². The monoisotopic (exact) mass is 929 g/mol. The molecule has 9 rings (SSSR count). The number of benzene rings is 3. The minimum Gasteiger partial charge on any atom is -0.494 e. The Morgan fingerprint density at radius 2 is 1.57 bits per heavy atom. The maximum absolute atomic E-state index is 13.9. The molecule has 3 aromatic heterocycles. The number of nitrogens with one attached hydrogen (secondary N) is 4. The van der Waals surface area contributed by atoms with Crippen molar-refractivity contribution >= 4 is 22.9 Å². The molecular weight excluding hydrogens is 867 g/mol. The van der Waals surface area contributed by atoms with E-state index in [0.717, 1.165) is 87.5 Å². The van der Waals surface area contributed by atoms with Crippen molar-refractivity contribution in [1.29, 1.82) is 0 Å². The Balaban J connectivity index is 1.02. The molecule has 3 aromatic carbocycles. The van der Waals surface area contributed by atoms with Crippen molar-refractivity contribution in [2.45, 2.75) is 103 Å². The summed E-state index contributed by atoms with van der Waals surface area (Å²) < 4.78 is 25.1. The molecule has 6 aromatic rings. The molecule has 3 aliphatic rings. The summed E-state index contributed by atoms with van der Waals surface area (Å²) in [5.74, 6) is 2.72. The lowest BCUT2D eigenvalue weighted by Crippen LogP contribution is -2.54. The number of likely N-dealkylation sites (tertiary alicyclic amines) is 2. The number of aliphatic hydroxyl groups excluding tert-OH is 2. The molecule has 7 atom stereocenters. The first-order valence-corrected chi connectivity index (χ1v) is 23.7. The summed E-state index contributed by atoms with van der Waals surface area (Å²) in [6, 6.07) is 21.3. The fourth-order valence-electron chi connectivity index (χ4n) is 10.1. The highest BCUT2D eigenvalue weighted by atomic mass is 16.6. The topological polar surface area (TPSA) is 204 Å². The Morgan fingerprint density at radius 3 is 2.28 bits per heavy atom. The predicted octanol–water partition coefficient (Wildman–Crippen LogP) is 7.46. The van der Waals surface area contributed by atoms with E-state index in [1.54, 1.807) is 0 Å². The molecule has 17 nitrogen and oxygen atoms in total. The molecule has 2 fully saturated rings. The number of aliphatic hydroxyl groups is 2. The lowest BCUT2D eigenvalue weighted by Gasteiger charge is -2.35. The molecule has 0 bridgehead atoms. The average molecular weight is 930 g/mol. The van der Waals surface area contributed by atoms with Crippen molar-refractivity contribution < 1.29 is 38.7 Å². The van der Waals surface area contributed by atoms with E-state index in [0.29, 0.717) is 31.3 Å². The molecule has 0 aliphatic carbocycles. The number of aromatic nitrogens is 5. The van der Waals surface area contributed by atoms with Crippen LogP contribution in [0.25, 0.3) is 44.7 Å².